The molecule has 0 saturated heterocycles. The number of pyridine rings is 1. The average molecular weight is 303 g/mol. The lowest BCUT2D eigenvalue weighted by Crippen LogP contribution is -2.30. The molecule has 0 aliphatic carbocycles. The van der Waals surface area contributed by atoms with E-state index in [9.17, 15) is 4.79 Å². The Kier molecular flexibility index (Phi) is 3.42. The van der Waals surface area contributed by atoms with Crippen molar-refractivity contribution in [2.24, 2.45) is 0 Å². The molecule has 2 aromatic heterocycles. The maximum Gasteiger partial charge on any atom is 0.274 e. The lowest BCUT2D eigenvalue weighted by atomic mass is 10.2. The summed E-state index contributed by atoms with van der Waals surface area (Å²) in [6, 6.07) is 15.9. The second kappa shape index (κ2) is 5.72. The smallest absolute Gasteiger partial charge is 0.274 e. The van der Waals surface area contributed by atoms with Crippen molar-refractivity contribution in [3.63, 3.8) is 0 Å². The van der Waals surface area contributed by atoms with Gasteiger partial charge in [0.15, 0.2) is 0 Å². The highest BCUT2D eigenvalue weighted by Gasteiger charge is 2.27. The van der Waals surface area contributed by atoms with Crippen LogP contribution in [-0.2, 0) is 13.0 Å². The van der Waals surface area contributed by atoms with Crippen LogP contribution < -0.4 is 4.90 Å². The van der Waals surface area contributed by atoms with Crippen LogP contribution in [0.25, 0.3) is 0 Å². The molecule has 3 heterocycles. The zero-order valence-electron chi connectivity index (χ0n) is 12.7. The van der Waals surface area contributed by atoms with E-state index in [2.05, 4.69) is 17.1 Å². The van der Waals surface area contributed by atoms with Crippen LogP contribution in [0, 0.1) is 0 Å². The topological polar surface area (TPSA) is 38.1 Å². The van der Waals surface area contributed by atoms with E-state index in [1.165, 1.54) is 5.56 Å². The quantitative estimate of drug-likeness (QED) is 0.745. The van der Waals surface area contributed by atoms with Crippen LogP contribution in [-0.4, -0.2) is 22.0 Å². The molecular weight excluding hydrogens is 286 g/mol. The van der Waals surface area contributed by atoms with Gasteiger partial charge in [0.05, 0.1) is 5.69 Å². The number of benzene rings is 1. The fourth-order valence-corrected chi connectivity index (χ4v) is 3.10. The van der Waals surface area contributed by atoms with E-state index in [0.717, 1.165) is 29.9 Å². The van der Waals surface area contributed by atoms with Crippen LogP contribution in [0.15, 0.2) is 67.1 Å². The normalized spacial score (nSPS) is 13.1. The molecule has 114 valence electrons. The van der Waals surface area contributed by atoms with Crippen LogP contribution in [0.3, 0.4) is 0 Å². The van der Waals surface area contributed by atoms with Crippen LogP contribution in [0.1, 0.15) is 21.6 Å². The van der Waals surface area contributed by atoms with Gasteiger partial charge in [0.25, 0.3) is 5.91 Å². The Morgan fingerprint density at radius 3 is 2.83 bits per heavy atom. The number of carbonyl (C=O) groups excluding carboxylic acids is 1. The second-order valence-electron chi connectivity index (χ2n) is 5.72. The van der Waals surface area contributed by atoms with Crippen molar-refractivity contribution in [1.29, 1.82) is 0 Å². The number of amides is 1. The first-order valence-corrected chi connectivity index (χ1v) is 7.77. The zero-order chi connectivity index (χ0) is 15.6. The highest BCUT2D eigenvalue weighted by atomic mass is 16.2. The summed E-state index contributed by atoms with van der Waals surface area (Å²) < 4.78 is 2.01. The van der Waals surface area contributed by atoms with Crippen molar-refractivity contribution >= 4 is 11.6 Å². The van der Waals surface area contributed by atoms with E-state index in [-0.39, 0.29) is 5.91 Å². The summed E-state index contributed by atoms with van der Waals surface area (Å²) in [5.41, 5.74) is 4.03. The standard InChI is InChI=1S/C19H17N3O/c23-19(22-12-9-16-13-20-10-8-17(16)22)18-7-4-11-21(18)14-15-5-2-1-3-6-15/h1-8,10-11,13H,9,12,14H2. The Hall–Kier alpha value is -2.88. The molecule has 1 aliphatic rings. The minimum atomic E-state index is 0.0517. The van der Waals surface area contributed by atoms with Crippen molar-refractivity contribution in [2.75, 3.05) is 11.4 Å². The van der Waals surface area contributed by atoms with Crippen molar-refractivity contribution in [2.45, 2.75) is 13.0 Å². The van der Waals surface area contributed by atoms with Gasteiger partial charge in [-0.1, -0.05) is 30.3 Å². The van der Waals surface area contributed by atoms with Crippen molar-refractivity contribution < 1.29 is 4.79 Å². The van der Waals surface area contributed by atoms with E-state index in [1.54, 1.807) is 6.20 Å². The van der Waals surface area contributed by atoms with Crippen LogP contribution >= 0.6 is 0 Å². The Morgan fingerprint density at radius 2 is 1.96 bits per heavy atom. The number of hydrogen-bond donors (Lipinski definition) is 0. The third kappa shape index (κ3) is 2.52. The largest absolute Gasteiger partial charge is 0.339 e. The summed E-state index contributed by atoms with van der Waals surface area (Å²) in [6.45, 7) is 1.42. The van der Waals surface area contributed by atoms with Gasteiger partial charge < -0.3 is 9.47 Å². The first-order valence-electron chi connectivity index (χ1n) is 7.77. The number of anilines is 1. The third-order valence-corrected chi connectivity index (χ3v) is 4.26. The van der Waals surface area contributed by atoms with E-state index >= 15 is 0 Å². The van der Waals surface area contributed by atoms with Crippen LogP contribution in [0.5, 0.6) is 0 Å². The molecule has 0 spiro atoms. The highest BCUT2D eigenvalue weighted by Crippen LogP contribution is 2.28. The lowest BCUT2D eigenvalue weighted by Gasteiger charge is -2.18. The average Bonchev–Trinajstić information content (AvgIpc) is 3.22. The SMILES string of the molecule is O=C(c1cccn1Cc1ccccc1)N1CCc2cnccc21. The van der Waals surface area contributed by atoms with Crippen LogP contribution in [0.4, 0.5) is 5.69 Å². The first kappa shape index (κ1) is 13.8. The molecule has 1 aliphatic heterocycles. The number of hydrogen-bond acceptors (Lipinski definition) is 2. The summed E-state index contributed by atoms with van der Waals surface area (Å²) in [5, 5.41) is 0. The molecule has 0 bridgehead atoms. The molecule has 23 heavy (non-hydrogen) atoms. The molecule has 0 N–H and O–H groups in total. The zero-order valence-corrected chi connectivity index (χ0v) is 12.7. The Balaban J connectivity index is 1.62. The fraction of sp³-hybridized carbons (Fsp3) is 0.158. The van der Waals surface area contributed by atoms with Gasteiger partial charge >= 0.3 is 0 Å². The van der Waals surface area contributed by atoms with E-state index < -0.39 is 0 Å². The molecule has 0 saturated carbocycles. The van der Waals surface area contributed by atoms with E-state index in [4.69, 9.17) is 0 Å². The van der Waals surface area contributed by atoms with Crippen LogP contribution in [0.2, 0.25) is 0 Å². The Morgan fingerprint density at radius 1 is 1.09 bits per heavy atom. The molecule has 0 atom stereocenters. The number of nitrogens with zero attached hydrogens (tertiary/aromatic N) is 3. The summed E-state index contributed by atoms with van der Waals surface area (Å²) >= 11 is 0. The van der Waals surface area contributed by atoms with E-state index in [1.807, 2.05) is 58.3 Å². The molecule has 4 nitrogen and oxygen atoms in total. The summed E-state index contributed by atoms with van der Waals surface area (Å²) in [7, 11) is 0. The van der Waals surface area contributed by atoms with Gasteiger partial charge in [0.2, 0.25) is 0 Å². The van der Waals surface area contributed by atoms with Crippen molar-refractivity contribution in [3.8, 4) is 0 Å². The molecular formula is C19H17N3O. The number of aromatic nitrogens is 2. The predicted molar refractivity (Wildman–Crippen MR) is 89.6 cm³/mol. The van der Waals surface area contributed by atoms with Crippen molar-refractivity contribution in [1.82, 2.24) is 9.55 Å². The molecule has 0 radical (unpaired) electrons. The van der Waals surface area contributed by atoms with Gasteiger partial charge in [-0.3, -0.25) is 9.78 Å². The monoisotopic (exact) mass is 303 g/mol. The Labute approximate surface area is 135 Å². The molecule has 1 amide bonds. The minimum absolute atomic E-state index is 0.0517. The van der Waals surface area contributed by atoms with Gasteiger partial charge in [0.1, 0.15) is 5.69 Å². The van der Waals surface area contributed by atoms with Gasteiger partial charge in [-0.15, -0.1) is 0 Å². The maximum absolute atomic E-state index is 13.0. The van der Waals surface area contributed by atoms with E-state index in [0.29, 0.717) is 6.54 Å². The molecule has 0 unspecified atom stereocenters. The highest BCUT2D eigenvalue weighted by molar-refractivity contribution is 6.06. The number of rotatable bonds is 3. The number of carbonyl (C=O) groups is 1. The van der Waals surface area contributed by atoms with Crippen molar-refractivity contribution in [3.05, 3.63) is 83.9 Å². The lowest BCUT2D eigenvalue weighted by molar-refractivity contribution is 0.0981. The molecule has 1 aromatic carbocycles. The van der Waals surface area contributed by atoms with Gasteiger partial charge in [-0.2, -0.15) is 0 Å². The fourth-order valence-electron chi connectivity index (χ4n) is 3.10. The summed E-state index contributed by atoms with van der Waals surface area (Å²) in [6.07, 6.45) is 6.43. The van der Waals surface area contributed by atoms with Gasteiger partial charge in [-0.05, 0) is 35.7 Å². The third-order valence-electron chi connectivity index (χ3n) is 4.26. The Bertz CT molecular complexity index is 839. The molecule has 3 aromatic rings. The first-order chi connectivity index (χ1) is 11.3. The van der Waals surface area contributed by atoms with Gasteiger partial charge in [-0.25, -0.2) is 0 Å². The summed E-state index contributed by atoms with van der Waals surface area (Å²) in [5.74, 6) is 0.0517. The molecule has 0 fully saturated rings. The molecule has 4 rings (SSSR count). The minimum Gasteiger partial charge on any atom is -0.339 e. The number of fused-ring (bicyclic) bond motifs is 1. The summed E-state index contributed by atoms with van der Waals surface area (Å²) in [4.78, 5) is 19.0. The predicted octanol–water partition coefficient (Wildman–Crippen LogP) is 3.13. The molecule has 4 heteroatoms. The van der Waals surface area contributed by atoms with Gasteiger partial charge in [0, 0.05) is 31.7 Å². The maximum atomic E-state index is 13.0. The second-order valence-corrected chi connectivity index (χ2v) is 5.72.